The maximum Gasteiger partial charge on any atom is 0.293 e. The van der Waals surface area contributed by atoms with Crippen molar-refractivity contribution in [2.24, 2.45) is 0 Å². The Bertz CT molecular complexity index is 1160. The second kappa shape index (κ2) is 7.55. The summed E-state index contributed by atoms with van der Waals surface area (Å²) in [6.45, 7) is 0.418. The summed E-state index contributed by atoms with van der Waals surface area (Å²) in [6.07, 6.45) is 3.56. The van der Waals surface area contributed by atoms with Crippen LogP contribution < -0.4 is 0 Å². The summed E-state index contributed by atoms with van der Waals surface area (Å²) in [7, 11) is 0. The highest BCUT2D eigenvalue weighted by Crippen LogP contribution is 2.35. The highest BCUT2D eigenvalue weighted by Gasteiger charge is 2.35. The molecule has 5 nitrogen and oxygen atoms in total. The lowest BCUT2D eigenvalue weighted by atomic mass is 10.1. The van der Waals surface area contributed by atoms with Crippen molar-refractivity contribution < 1.29 is 9.59 Å². The fourth-order valence-corrected chi connectivity index (χ4v) is 4.10. The Morgan fingerprint density at radius 3 is 2.61 bits per heavy atom. The monoisotopic (exact) mass is 407 g/mol. The molecule has 138 valence electrons. The Morgan fingerprint density at radius 1 is 1.11 bits per heavy atom. The number of amides is 2. The summed E-state index contributed by atoms with van der Waals surface area (Å²) >= 11 is 6.82. The second-order valence-corrected chi connectivity index (χ2v) is 7.71. The maximum atomic E-state index is 12.8. The molecule has 4 rings (SSSR count). The van der Waals surface area contributed by atoms with Gasteiger partial charge in [-0.2, -0.15) is 5.26 Å². The fraction of sp³-hybridized carbons (Fsp3) is 0.0952. The van der Waals surface area contributed by atoms with E-state index < -0.39 is 0 Å². The number of nitrogens with zero attached hydrogens (tertiary/aromatic N) is 3. The molecule has 0 saturated carbocycles. The molecule has 0 N–H and O–H groups in total. The summed E-state index contributed by atoms with van der Waals surface area (Å²) < 4.78 is 1.83. The van der Waals surface area contributed by atoms with Crippen LogP contribution in [-0.2, 0) is 17.9 Å². The molecule has 7 heteroatoms. The van der Waals surface area contributed by atoms with Crippen LogP contribution in [0.1, 0.15) is 11.1 Å². The van der Waals surface area contributed by atoms with Gasteiger partial charge in [-0.3, -0.25) is 14.5 Å². The number of fused-ring (bicyclic) bond motifs is 1. The van der Waals surface area contributed by atoms with E-state index in [-0.39, 0.29) is 24.2 Å². The van der Waals surface area contributed by atoms with Crippen molar-refractivity contribution in [2.75, 3.05) is 0 Å². The zero-order valence-corrected chi connectivity index (χ0v) is 16.2. The van der Waals surface area contributed by atoms with E-state index >= 15 is 0 Å². The minimum atomic E-state index is -0.318. The normalized spacial score (nSPS) is 15.6. The predicted molar refractivity (Wildman–Crippen MR) is 111 cm³/mol. The molecule has 1 fully saturated rings. The van der Waals surface area contributed by atoms with Crippen LogP contribution in [-0.4, -0.2) is 20.6 Å². The van der Waals surface area contributed by atoms with Crippen LogP contribution in [0.15, 0.2) is 59.6 Å². The molecule has 0 atom stereocenters. The number of imide groups is 1. The first kappa shape index (κ1) is 18.4. The topological polar surface area (TPSA) is 66.1 Å². The summed E-state index contributed by atoms with van der Waals surface area (Å²) in [6, 6.07) is 16.9. The highest BCUT2D eigenvalue weighted by atomic mass is 35.5. The van der Waals surface area contributed by atoms with Gasteiger partial charge in [-0.05, 0) is 41.6 Å². The molecule has 2 heterocycles. The van der Waals surface area contributed by atoms with Crippen LogP contribution in [0.5, 0.6) is 0 Å². The molecule has 1 aliphatic rings. The Balaban J connectivity index is 1.65. The Morgan fingerprint density at radius 2 is 1.86 bits per heavy atom. The van der Waals surface area contributed by atoms with E-state index in [9.17, 15) is 9.59 Å². The lowest BCUT2D eigenvalue weighted by Crippen LogP contribution is -2.27. The summed E-state index contributed by atoms with van der Waals surface area (Å²) in [5, 5.41) is 10.3. The zero-order valence-electron chi connectivity index (χ0n) is 14.6. The van der Waals surface area contributed by atoms with E-state index in [2.05, 4.69) is 6.07 Å². The van der Waals surface area contributed by atoms with Crippen molar-refractivity contribution in [1.29, 1.82) is 5.26 Å². The summed E-state index contributed by atoms with van der Waals surface area (Å²) in [4.78, 5) is 26.8. The fourth-order valence-electron chi connectivity index (χ4n) is 3.15. The molecule has 0 spiro atoms. The van der Waals surface area contributed by atoms with Gasteiger partial charge in [-0.25, -0.2) is 0 Å². The number of nitriles is 1. The molecule has 0 aliphatic carbocycles. The van der Waals surface area contributed by atoms with Crippen molar-refractivity contribution in [3.05, 3.63) is 75.8 Å². The largest absolute Gasteiger partial charge is 0.333 e. The first-order chi connectivity index (χ1) is 13.6. The van der Waals surface area contributed by atoms with Crippen LogP contribution in [0, 0.1) is 11.3 Å². The Labute approximate surface area is 170 Å². The Kier molecular flexibility index (Phi) is 4.95. The number of rotatable bonds is 4. The molecule has 0 radical (unpaired) electrons. The van der Waals surface area contributed by atoms with Gasteiger partial charge in [0, 0.05) is 27.7 Å². The van der Waals surface area contributed by atoms with Crippen LogP contribution >= 0.6 is 23.4 Å². The average Bonchev–Trinajstić information content (AvgIpc) is 3.17. The SMILES string of the molecule is N#CCn1cc(/C=C2/SC(=O)N(Cc3ccc(Cl)cc3)C2=O)c2ccccc21. The van der Waals surface area contributed by atoms with Crippen molar-refractivity contribution in [1.82, 2.24) is 9.47 Å². The molecule has 1 saturated heterocycles. The van der Waals surface area contributed by atoms with Gasteiger partial charge in [-0.15, -0.1) is 0 Å². The number of hydrogen-bond acceptors (Lipinski definition) is 4. The van der Waals surface area contributed by atoms with E-state index in [1.807, 2.05) is 35.0 Å². The quantitative estimate of drug-likeness (QED) is 0.567. The molecular formula is C21H14ClN3O2S. The molecule has 1 aliphatic heterocycles. The first-order valence-corrected chi connectivity index (χ1v) is 9.71. The molecule has 0 unspecified atom stereocenters. The third-order valence-electron chi connectivity index (χ3n) is 4.47. The Hall–Kier alpha value is -3.01. The van der Waals surface area contributed by atoms with E-state index in [0.29, 0.717) is 9.93 Å². The van der Waals surface area contributed by atoms with Crippen LogP contribution in [0.4, 0.5) is 4.79 Å². The summed E-state index contributed by atoms with van der Waals surface area (Å²) in [5.74, 6) is -0.318. The second-order valence-electron chi connectivity index (χ2n) is 6.28. The average molecular weight is 408 g/mol. The van der Waals surface area contributed by atoms with E-state index in [4.69, 9.17) is 16.9 Å². The number of thioether (sulfide) groups is 1. The van der Waals surface area contributed by atoms with Crippen LogP contribution in [0.2, 0.25) is 5.02 Å². The third kappa shape index (κ3) is 3.42. The van der Waals surface area contributed by atoms with Crippen molar-refractivity contribution in [3.63, 3.8) is 0 Å². The highest BCUT2D eigenvalue weighted by molar-refractivity contribution is 8.18. The van der Waals surface area contributed by atoms with Gasteiger partial charge >= 0.3 is 0 Å². The summed E-state index contributed by atoms with van der Waals surface area (Å²) in [5.41, 5.74) is 2.55. The number of carbonyl (C=O) groups is 2. The standard InChI is InChI=1S/C21H14ClN3O2S/c22-16-7-5-14(6-8-16)12-25-20(26)19(28-21(25)27)11-15-13-24(10-9-23)18-4-2-1-3-17(15)18/h1-8,11,13H,10,12H2/b19-11+. The minimum absolute atomic E-state index is 0.204. The molecule has 28 heavy (non-hydrogen) atoms. The van der Waals surface area contributed by atoms with Gasteiger partial charge in [0.05, 0.1) is 17.5 Å². The van der Waals surface area contributed by atoms with Crippen molar-refractivity contribution >= 4 is 51.5 Å². The number of aromatic nitrogens is 1. The number of benzene rings is 2. The number of para-hydroxylation sites is 1. The van der Waals surface area contributed by atoms with E-state index in [0.717, 1.165) is 33.8 Å². The van der Waals surface area contributed by atoms with Gasteiger partial charge in [-0.1, -0.05) is 41.9 Å². The zero-order chi connectivity index (χ0) is 19.7. The van der Waals surface area contributed by atoms with Gasteiger partial charge in [0.2, 0.25) is 0 Å². The third-order valence-corrected chi connectivity index (χ3v) is 5.63. The molecule has 2 aromatic carbocycles. The smallest absolute Gasteiger partial charge is 0.293 e. The van der Waals surface area contributed by atoms with Gasteiger partial charge in [0.15, 0.2) is 0 Å². The molecule has 1 aromatic heterocycles. The van der Waals surface area contributed by atoms with Crippen molar-refractivity contribution in [2.45, 2.75) is 13.1 Å². The predicted octanol–water partition coefficient (Wildman–Crippen LogP) is 5.05. The number of carbonyl (C=O) groups excluding carboxylic acids is 2. The van der Waals surface area contributed by atoms with E-state index in [1.54, 1.807) is 30.3 Å². The van der Waals surface area contributed by atoms with Gasteiger partial charge < -0.3 is 4.57 Å². The van der Waals surface area contributed by atoms with Crippen LogP contribution in [0.3, 0.4) is 0 Å². The van der Waals surface area contributed by atoms with Gasteiger partial charge in [0.25, 0.3) is 11.1 Å². The minimum Gasteiger partial charge on any atom is -0.333 e. The number of halogens is 1. The molecule has 0 bridgehead atoms. The molecule has 3 aromatic rings. The first-order valence-electron chi connectivity index (χ1n) is 8.51. The van der Waals surface area contributed by atoms with Crippen LogP contribution in [0.25, 0.3) is 17.0 Å². The van der Waals surface area contributed by atoms with Crippen molar-refractivity contribution in [3.8, 4) is 6.07 Å². The lowest BCUT2D eigenvalue weighted by Gasteiger charge is -2.12. The lowest BCUT2D eigenvalue weighted by molar-refractivity contribution is -0.123. The van der Waals surface area contributed by atoms with E-state index in [1.165, 1.54) is 4.90 Å². The molecular weight excluding hydrogens is 394 g/mol. The van der Waals surface area contributed by atoms with Gasteiger partial charge in [0.1, 0.15) is 6.54 Å². The molecule has 2 amide bonds. The number of hydrogen-bond donors (Lipinski definition) is 0. The maximum absolute atomic E-state index is 12.8.